The second kappa shape index (κ2) is 17.3. The summed E-state index contributed by atoms with van der Waals surface area (Å²) >= 11 is 0. The highest BCUT2D eigenvalue weighted by Gasteiger charge is 2.85. The van der Waals surface area contributed by atoms with Gasteiger partial charge in [0, 0.05) is 45.9 Å². The molecule has 57 heavy (non-hydrogen) atoms. The number of halogens is 9. The molecule has 0 spiro atoms. The van der Waals surface area contributed by atoms with Gasteiger partial charge >= 0.3 is 30.2 Å². The molecule has 324 valence electrons. The first kappa shape index (κ1) is 45.1. The van der Waals surface area contributed by atoms with Gasteiger partial charge in [-0.1, -0.05) is 13.0 Å². The number of alkyl halides is 9. The fourth-order valence-electron chi connectivity index (χ4n) is 9.92. The first-order valence-corrected chi connectivity index (χ1v) is 19.2. The Bertz CT molecular complexity index is 1530. The average molecular weight is 833 g/mol. The van der Waals surface area contributed by atoms with Crippen LogP contribution >= 0.6 is 0 Å². The third-order valence-corrected chi connectivity index (χ3v) is 13.0. The van der Waals surface area contributed by atoms with Gasteiger partial charge in [0.2, 0.25) is 5.91 Å². The minimum absolute atomic E-state index is 0.0877. The van der Waals surface area contributed by atoms with Crippen LogP contribution in [0.25, 0.3) is 0 Å². The van der Waals surface area contributed by atoms with Crippen molar-refractivity contribution in [2.75, 3.05) is 74.3 Å². The molecule has 7 atom stereocenters. The van der Waals surface area contributed by atoms with Crippen molar-refractivity contribution in [3.05, 3.63) is 29.3 Å². The third kappa shape index (κ3) is 9.25. The third-order valence-electron chi connectivity index (χ3n) is 13.0. The molecule has 3 fully saturated rings. The van der Waals surface area contributed by atoms with Crippen LogP contribution in [0.1, 0.15) is 62.5 Å². The summed E-state index contributed by atoms with van der Waals surface area (Å²) in [5.41, 5.74) is -4.12. The van der Waals surface area contributed by atoms with E-state index in [1.807, 2.05) is 19.2 Å². The summed E-state index contributed by atoms with van der Waals surface area (Å²) in [6.45, 7) is 0.917. The minimum atomic E-state index is -6.82. The van der Waals surface area contributed by atoms with E-state index < -0.39 is 55.8 Å². The SMILES string of the molecule is COC1CC(CNC(=O)OCCOc2ccc3c(c2)CCC2C3CC[C@@]3(C)C2CC[C@@H]3N(C)C(=O)CN(C)CCOC(C(F)(F)F)(C(F)(F)F)C(F)(F)F)N(C)C1. The highest BCUT2D eigenvalue weighted by molar-refractivity contribution is 5.78. The molecule has 1 saturated heterocycles. The molecule has 19 heteroatoms. The fraction of sp³-hybridized carbons (Fsp3) is 0.789. The van der Waals surface area contributed by atoms with Crippen LogP contribution in [0.3, 0.4) is 0 Å². The number of carbonyl (C=O) groups excluding carboxylic acids is 2. The van der Waals surface area contributed by atoms with Gasteiger partial charge in [-0.05, 0) is 105 Å². The Hall–Kier alpha value is -3.03. The predicted molar refractivity (Wildman–Crippen MR) is 189 cm³/mol. The highest BCUT2D eigenvalue weighted by Crippen LogP contribution is 2.62. The Labute approximate surface area is 326 Å². The van der Waals surface area contributed by atoms with Crippen molar-refractivity contribution >= 4 is 12.0 Å². The zero-order valence-electron chi connectivity index (χ0n) is 32.8. The zero-order valence-corrected chi connectivity index (χ0v) is 32.8. The first-order chi connectivity index (χ1) is 26.5. The van der Waals surface area contributed by atoms with E-state index in [1.165, 1.54) is 18.2 Å². The molecule has 1 aliphatic heterocycles. The summed E-state index contributed by atoms with van der Waals surface area (Å²) in [7, 11) is 6.50. The van der Waals surface area contributed by atoms with E-state index in [0.717, 1.165) is 50.0 Å². The molecule has 3 aliphatic carbocycles. The molecular formula is C38H53F9N4O6. The van der Waals surface area contributed by atoms with Gasteiger partial charge in [-0.3, -0.25) is 14.6 Å². The lowest BCUT2D eigenvalue weighted by Crippen LogP contribution is -2.68. The van der Waals surface area contributed by atoms with Crippen molar-refractivity contribution in [2.24, 2.45) is 17.3 Å². The lowest BCUT2D eigenvalue weighted by molar-refractivity contribution is -0.457. The number of ether oxygens (including phenoxy) is 4. The van der Waals surface area contributed by atoms with Gasteiger partial charge in [0.05, 0.1) is 19.3 Å². The number of carbonyl (C=O) groups is 2. The number of hydrogen-bond acceptors (Lipinski definition) is 8. The van der Waals surface area contributed by atoms with Gasteiger partial charge in [0.25, 0.3) is 0 Å². The number of likely N-dealkylation sites (tertiary alicyclic amines) is 1. The van der Waals surface area contributed by atoms with E-state index in [2.05, 4.69) is 27.9 Å². The maximum absolute atomic E-state index is 13.4. The molecule has 4 aliphatic rings. The largest absolute Gasteiger partial charge is 0.490 e. The zero-order chi connectivity index (χ0) is 42.1. The molecule has 5 rings (SSSR count). The monoisotopic (exact) mass is 832 g/mol. The average Bonchev–Trinajstić information content (AvgIpc) is 3.67. The molecule has 1 heterocycles. The Morgan fingerprint density at radius 1 is 0.947 bits per heavy atom. The Kier molecular flexibility index (Phi) is 13.7. The number of rotatable bonds is 14. The number of likely N-dealkylation sites (N-methyl/N-ethyl adjacent to an activating group) is 3. The van der Waals surface area contributed by atoms with Crippen molar-refractivity contribution in [3.8, 4) is 5.75 Å². The van der Waals surface area contributed by atoms with Gasteiger partial charge in [0.15, 0.2) is 0 Å². The van der Waals surface area contributed by atoms with Crippen LogP contribution in [0, 0.1) is 17.3 Å². The normalized spacial score (nSPS) is 28.1. The molecule has 5 unspecified atom stereocenters. The van der Waals surface area contributed by atoms with E-state index >= 15 is 0 Å². The molecule has 10 nitrogen and oxygen atoms in total. The van der Waals surface area contributed by atoms with Crippen LogP contribution in [0.5, 0.6) is 5.75 Å². The van der Waals surface area contributed by atoms with Crippen LogP contribution in [0.4, 0.5) is 44.3 Å². The minimum Gasteiger partial charge on any atom is -0.490 e. The molecule has 1 N–H and O–H groups in total. The number of alkyl carbamates (subject to hydrolysis) is 1. The summed E-state index contributed by atoms with van der Waals surface area (Å²) in [4.78, 5) is 30.3. The van der Waals surface area contributed by atoms with Gasteiger partial charge in [0.1, 0.15) is 19.0 Å². The van der Waals surface area contributed by atoms with Gasteiger partial charge in [-0.25, -0.2) is 4.79 Å². The number of nitrogens with one attached hydrogen (secondary N) is 1. The summed E-state index contributed by atoms with van der Waals surface area (Å²) in [6, 6.07) is 6.08. The summed E-state index contributed by atoms with van der Waals surface area (Å²) in [6.07, 6.45) is -14.9. The van der Waals surface area contributed by atoms with Gasteiger partial charge < -0.3 is 29.2 Å². The molecule has 1 aromatic carbocycles. The second-order valence-electron chi connectivity index (χ2n) is 16.2. The van der Waals surface area contributed by atoms with Gasteiger partial charge in [-0.15, -0.1) is 0 Å². The summed E-state index contributed by atoms with van der Waals surface area (Å²) in [5.74, 6) is 1.21. The van der Waals surface area contributed by atoms with Crippen LogP contribution in [-0.4, -0.2) is 143 Å². The molecular weight excluding hydrogens is 779 g/mol. The van der Waals surface area contributed by atoms with Crippen molar-refractivity contribution in [1.82, 2.24) is 20.0 Å². The standard InChI is InChI=1S/C38H53F9N4O6/c1-34-13-12-28-27-9-7-25(55-16-17-56-33(53)48-20-24-19-26(54-5)21-50(24)3)18-23(27)6-8-29(28)30(34)10-11-31(34)51(4)32(52)22-49(2)14-15-57-35(36(39,40)41,37(42,43)44)38(45,46)47/h7,9,18,24,26,28-31H,6,8,10-17,19-22H2,1-5H3,(H,48,53)/t24?,26?,28?,29?,30?,31-,34-/m0/s1. The first-order valence-electron chi connectivity index (χ1n) is 19.2. The van der Waals surface area contributed by atoms with E-state index in [1.54, 1.807) is 19.1 Å². The number of amides is 2. The van der Waals surface area contributed by atoms with Gasteiger partial charge in [-0.2, -0.15) is 39.5 Å². The topological polar surface area (TPSA) is 92.8 Å². The van der Waals surface area contributed by atoms with E-state index in [0.29, 0.717) is 36.5 Å². The van der Waals surface area contributed by atoms with E-state index in [-0.39, 0.29) is 36.8 Å². The lowest BCUT2D eigenvalue weighted by atomic mass is 9.55. The smallest absolute Gasteiger partial charge is 0.435 e. The van der Waals surface area contributed by atoms with Crippen molar-refractivity contribution < 1.29 is 68.1 Å². The Balaban J connectivity index is 1.10. The molecule has 0 radical (unpaired) electrons. The number of aryl methyl sites for hydroxylation is 1. The van der Waals surface area contributed by atoms with Crippen LogP contribution < -0.4 is 10.1 Å². The van der Waals surface area contributed by atoms with Crippen LogP contribution in [0.2, 0.25) is 0 Å². The predicted octanol–water partition coefficient (Wildman–Crippen LogP) is 6.57. The van der Waals surface area contributed by atoms with Crippen molar-refractivity contribution in [3.63, 3.8) is 0 Å². The van der Waals surface area contributed by atoms with Crippen LogP contribution in [-0.2, 0) is 25.4 Å². The number of methoxy groups -OCH3 is 1. The van der Waals surface area contributed by atoms with E-state index in [4.69, 9.17) is 14.2 Å². The Morgan fingerprint density at radius 3 is 2.26 bits per heavy atom. The van der Waals surface area contributed by atoms with Crippen molar-refractivity contribution in [1.29, 1.82) is 0 Å². The fourth-order valence-corrected chi connectivity index (χ4v) is 9.92. The number of fused-ring (bicyclic) bond motifs is 5. The second-order valence-corrected chi connectivity index (χ2v) is 16.2. The van der Waals surface area contributed by atoms with E-state index in [9.17, 15) is 49.1 Å². The molecule has 1 aromatic rings. The van der Waals surface area contributed by atoms with Crippen molar-refractivity contribution in [2.45, 2.75) is 100 Å². The molecule has 0 aromatic heterocycles. The maximum atomic E-state index is 13.4. The quantitative estimate of drug-likeness (QED) is 0.167. The molecule has 0 bridgehead atoms. The lowest BCUT2D eigenvalue weighted by Gasteiger charge is -2.52. The summed E-state index contributed by atoms with van der Waals surface area (Å²) < 4.78 is 139. The molecule has 2 amide bonds. The Morgan fingerprint density at radius 2 is 1.63 bits per heavy atom. The highest BCUT2D eigenvalue weighted by atomic mass is 19.4. The maximum Gasteiger partial charge on any atom is 0.435 e. The van der Waals surface area contributed by atoms with Crippen LogP contribution in [0.15, 0.2) is 18.2 Å². The number of benzene rings is 1. The number of hydrogen-bond donors (Lipinski definition) is 1. The summed E-state index contributed by atoms with van der Waals surface area (Å²) in [5, 5.41) is 2.80. The molecule has 2 saturated carbocycles. The number of nitrogens with zero attached hydrogens (tertiary/aromatic N) is 3.